The van der Waals surface area contributed by atoms with Crippen LogP contribution in [0.5, 0.6) is 0 Å². The summed E-state index contributed by atoms with van der Waals surface area (Å²) in [5, 5.41) is 9.55. The topological polar surface area (TPSA) is 46.0 Å². The van der Waals surface area contributed by atoms with Crippen molar-refractivity contribution < 1.29 is 5.11 Å². The number of nitrogens with zero attached hydrogens (tertiary/aromatic N) is 2. The average molecular weight is 274 g/mol. The number of aromatic nitrogens is 2. The molecule has 0 bridgehead atoms. The lowest BCUT2D eigenvalue weighted by Gasteiger charge is -2.09. The zero-order chi connectivity index (χ0) is 13.8. The Labute approximate surface area is 118 Å². The fourth-order valence-electron chi connectivity index (χ4n) is 1.86. The Morgan fingerprint density at radius 2 is 2.11 bits per heavy atom. The number of aliphatic hydroxyl groups is 1. The van der Waals surface area contributed by atoms with E-state index in [0.717, 1.165) is 22.8 Å². The van der Waals surface area contributed by atoms with E-state index in [4.69, 9.17) is 0 Å². The van der Waals surface area contributed by atoms with Crippen LogP contribution in [0.1, 0.15) is 35.7 Å². The first-order valence-corrected chi connectivity index (χ1v) is 7.25. The summed E-state index contributed by atoms with van der Waals surface area (Å²) in [4.78, 5) is 9.97. The molecule has 1 aromatic heterocycles. The van der Waals surface area contributed by atoms with Crippen molar-refractivity contribution in [1.82, 2.24) is 9.97 Å². The summed E-state index contributed by atoms with van der Waals surface area (Å²) in [6.45, 7) is 5.72. The van der Waals surface area contributed by atoms with Gasteiger partial charge in [0.15, 0.2) is 0 Å². The minimum Gasteiger partial charge on any atom is -0.389 e. The molecule has 4 heteroatoms. The summed E-state index contributed by atoms with van der Waals surface area (Å²) < 4.78 is 0. The zero-order valence-electron chi connectivity index (χ0n) is 11.4. The third-order valence-electron chi connectivity index (χ3n) is 2.87. The molecule has 2 aromatic rings. The van der Waals surface area contributed by atoms with Gasteiger partial charge in [0, 0.05) is 22.3 Å². The molecule has 3 nitrogen and oxygen atoms in total. The van der Waals surface area contributed by atoms with E-state index in [1.807, 2.05) is 6.92 Å². The first-order chi connectivity index (χ1) is 9.06. The molecule has 0 fully saturated rings. The largest absolute Gasteiger partial charge is 0.389 e. The van der Waals surface area contributed by atoms with Crippen molar-refractivity contribution in [2.45, 2.75) is 37.5 Å². The second-order valence-electron chi connectivity index (χ2n) is 4.61. The van der Waals surface area contributed by atoms with Crippen LogP contribution in [0.25, 0.3) is 0 Å². The summed E-state index contributed by atoms with van der Waals surface area (Å²) in [5.41, 5.74) is 2.90. The Balaban J connectivity index is 2.06. The zero-order valence-corrected chi connectivity index (χ0v) is 12.2. The first kappa shape index (κ1) is 14.0. The van der Waals surface area contributed by atoms with Gasteiger partial charge < -0.3 is 5.11 Å². The monoisotopic (exact) mass is 274 g/mol. The predicted molar refractivity (Wildman–Crippen MR) is 78.1 cm³/mol. The van der Waals surface area contributed by atoms with Crippen LogP contribution < -0.4 is 0 Å². The maximum Gasteiger partial charge on any atom is 0.138 e. The van der Waals surface area contributed by atoms with E-state index in [1.165, 1.54) is 10.5 Å². The summed E-state index contributed by atoms with van der Waals surface area (Å²) in [6.07, 6.45) is 1.21. The van der Waals surface area contributed by atoms with Gasteiger partial charge in [0.1, 0.15) is 5.82 Å². The van der Waals surface area contributed by atoms with Gasteiger partial charge in [-0.15, -0.1) is 11.8 Å². The van der Waals surface area contributed by atoms with Gasteiger partial charge >= 0.3 is 0 Å². The van der Waals surface area contributed by atoms with Crippen LogP contribution in [0, 0.1) is 13.8 Å². The van der Waals surface area contributed by atoms with E-state index in [9.17, 15) is 5.11 Å². The minimum absolute atomic E-state index is 0.515. The maximum atomic E-state index is 9.55. The molecule has 0 spiro atoms. The Morgan fingerprint density at radius 1 is 1.32 bits per heavy atom. The van der Waals surface area contributed by atoms with Crippen LogP contribution in [0.15, 0.2) is 35.4 Å². The molecule has 0 radical (unpaired) electrons. The number of rotatable bonds is 4. The number of aryl methyl sites for hydroxylation is 2. The minimum atomic E-state index is -0.515. The molecule has 0 aliphatic heterocycles. The van der Waals surface area contributed by atoms with Gasteiger partial charge in [0.2, 0.25) is 0 Å². The fraction of sp³-hybridized carbons (Fsp3) is 0.333. The summed E-state index contributed by atoms with van der Waals surface area (Å²) in [6, 6.07) is 8.39. The summed E-state index contributed by atoms with van der Waals surface area (Å²) in [7, 11) is 0. The van der Waals surface area contributed by atoms with Crippen molar-refractivity contribution in [2.75, 3.05) is 0 Å². The summed E-state index contributed by atoms with van der Waals surface area (Å²) >= 11 is 1.72. The third kappa shape index (κ3) is 3.78. The maximum absolute atomic E-state index is 9.55. The Morgan fingerprint density at radius 3 is 2.74 bits per heavy atom. The molecule has 0 unspecified atom stereocenters. The van der Waals surface area contributed by atoms with Crippen molar-refractivity contribution in [1.29, 1.82) is 0 Å². The molecule has 0 amide bonds. The van der Waals surface area contributed by atoms with Gasteiger partial charge in [-0.25, -0.2) is 9.97 Å². The smallest absolute Gasteiger partial charge is 0.138 e. The van der Waals surface area contributed by atoms with E-state index in [-0.39, 0.29) is 0 Å². The van der Waals surface area contributed by atoms with Crippen molar-refractivity contribution in [3.8, 4) is 0 Å². The summed E-state index contributed by atoms with van der Waals surface area (Å²) in [5.74, 6) is 1.54. The van der Waals surface area contributed by atoms with Crippen molar-refractivity contribution in [2.24, 2.45) is 0 Å². The SMILES string of the molecule is Cc1cccc(SCc2ncc([C@H](C)O)c(C)n2)c1. The molecule has 1 atom stereocenters. The molecular weight excluding hydrogens is 256 g/mol. The lowest BCUT2D eigenvalue weighted by molar-refractivity contribution is 0.197. The van der Waals surface area contributed by atoms with Crippen molar-refractivity contribution >= 4 is 11.8 Å². The van der Waals surface area contributed by atoms with E-state index < -0.39 is 6.10 Å². The highest BCUT2D eigenvalue weighted by molar-refractivity contribution is 7.98. The Hall–Kier alpha value is -1.39. The van der Waals surface area contributed by atoms with Gasteiger partial charge in [-0.1, -0.05) is 17.7 Å². The van der Waals surface area contributed by atoms with E-state index >= 15 is 0 Å². The lowest BCUT2D eigenvalue weighted by atomic mass is 10.1. The quantitative estimate of drug-likeness (QED) is 0.868. The average Bonchev–Trinajstić information content (AvgIpc) is 2.36. The van der Waals surface area contributed by atoms with E-state index in [0.29, 0.717) is 0 Å². The van der Waals surface area contributed by atoms with Crippen LogP contribution in [-0.2, 0) is 5.75 Å². The number of thioether (sulfide) groups is 1. The molecule has 100 valence electrons. The van der Waals surface area contributed by atoms with Crippen LogP contribution in [0.2, 0.25) is 0 Å². The molecule has 0 saturated heterocycles. The second kappa shape index (κ2) is 6.17. The highest BCUT2D eigenvalue weighted by Gasteiger charge is 2.08. The normalized spacial score (nSPS) is 12.4. The van der Waals surface area contributed by atoms with E-state index in [1.54, 1.807) is 24.9 Å². The molecule has 19 heavy (non-hydrogen) atoms. The number of hydrogen-bond acceptors (Lipinski definition) is 4. The molecule has 0 aliphatic rings. The van der Waals surface area contributed by atoms with Crippen LogP contribution in [0.3, 0.4) is 0 Å². The Bertz CT molecular complexity index is 570. The van der Waals surface area contributed by atoms with Gasteiger partial charge in [0.05, 0.1) is 11.9 Å². The van der Waals surface area contributed by atoms with Crippen molar-refractivity contribution in [3.05, 3.63) is 53.1 Å². The first-order valence-electron chi connectivity index (χ1n) is 6.26. The second-order valence-corrected chi connectivity index (χ2v) is 5.66. The molecule has 1 N–H and O–H groups in total. The standard InChI is InChI=1S/C15H18N2OS/c1-10-5-4-6-13(7-10)19-9-15-16-8-14(12(3)18)11(2)17-15/h4-8,12,18H,9H2,1-3H3/t12-/m0/s1. The van der Waals surface area contributed by atoms with Crippen LogP contribution in [0.4, 0.5) is 0 Å². The molecule has 1 aromatic carbocycles. The van der Waals surface area contributed by atoms with Crippen LogP contribution in [-0.4, -0.2) is 15.1 Å². The predicted octanol–water partition coefficient (Wildman–Crippen LogP) is 3.44. The van der Waals surface area contributed by atoms with E-state index in [2.05, 4.69) is 41.2 Å². The van der Waals surface area contributed by atoms with Gasteiger partial charge in [-0.2, -0.15) is 0 Å². The third-order valence-corrected chi connectivity index (χ3v) is 3.86. The molecular formula is C15H18N2OS. The highest BCUT2D eigenvalue weighted by atomic mass is 32.2. The Kier molecular flexibility index (Phi) is 4.56. The molecule has 2 rings (SSSR count). The molecule has 1 heterocycles. The van der Waals surface area contributed by atoms with Gasteiger partial charge in [-0.3, -0.25) is 0 Å². The fourth-order valence-corrected chi connectivity index (χ4v) is 2.74. The van der Waals surface area contributed by atoms with Gasteiger partial charge in [0.25, 0.3) is 0 Å². The van der Waals surface area contributed by atoms with Gasteiger partial charge in [-0.05, 0) is 32.9 Å². The van der Waals surface area contributed by atoms with Crippen molar-refractivity contribution in [3.63, 3.8) is 0 Å². The number of hydrogen-bond donors (Lipinski definition) is 1. The molecule has 0 saturated carbocycles. The highest BCUT2D eigenvalue weighted by Crippen LogP contribution is 2.23. The number of aliphatic hydroxyl groups excluding tert-OH is 1. The van der Waals surface area contributed by atoms with Crippen LogP contribution >= 0.6 is 11.8 Å². The lowest BCUT2D eigenvalue weighted by Crippen LogP contribution is -2.02. The molecule has 0 aliphatic carbocycles. The number of benzene rings is 1.